The van der Waals surface area contributed by atoms with Crippen LogP contribution in [0.4, 0.5) is 0 Å². The standard InChI is InChI=1S/C6H9NO/c1-6(2)3-4-7-5-8/h5-6H,1-2H3,(H,7,8). The molecular formula is C6H9NO. The van der Waals surface area contributed by atoms with Gasteiger partial charge in [0, 0.05) is 12.0 Å². The second kappa shape index (κ2) is 4.20. The van der Waals surface area contributed by atoms with Crippen LogP contribution < -0.4 is 5.32 Å². The van der Waals surface area contributed by atoms with Gasteiger partial charge in [0.1, 0.15) is 0 Å². The molecule has 0 aliphatic rings. The van der Waals surface area contributed by atoms with Crippen LogP contribution in [0.1, 0.15) is 13.8 Å². The third kappa shape index (κ3) is 5.03. The molecule has 0 unspecified atom stereocenters. The Kier molecular flexibility index (Phi) is 3.69. The van der Waals surface area contributed by atoms with Crippen molar-refractivity contribution in [3.8, 4) is 12.0 Å². The van der Waals surface area contributed by atoms with E-state index in [1.807, 2.05) is 13.8 Å². The Hall–Kier alpha value is -0.970. The van der Waals surface area contributed by atoms with Crippen molar-refractivity contribution in [2.75, 3.05) is 0 Å². The molecule has 0 spiro atoms. The van der Waals surface area contributed by atoms with Gasteiger partial charge < -0.3 is 0 Å². The highest BCUT2D eigenvalue weighted by molar-refractivity contribution is 5.49. The molecule has 0 radical (unpaired) electrons. The van der Waals surface area contributed by atoms with Crippen LogP contribution in [0.25, 0.3) is 0 Å². The number of hydrogen-bond acceptors (Lipinski definition) is 1. The molecule has 1 N–H and O–H groups in total. The smallest absolute Gasteiger partial charge is 0.218 e. The predicted molar refractivity (Wildman–Crippen MR) is 31.8 cm³/mol. The zero-order valence-corrected chi connectivity index (χ0v) is 5.06. The zero-order valence-electron chi connectivity index (χ0n) is 5.06. The number of amides is 1. The largest absolute Gasteiger partial charge is 0.288 e. The fourth-order valence-electron chi connectivity index (χ4n) is 0.215. The monoisotopic (exact) mass is 111 g/mol. The van der Waals surface area contributed by atoms with Gasteiger partial charge in [-0.2, -0.15) is 0 Å². The van der Waals surface area contributed by atoms with Crippen LogP contribution in [-0.2, 0) is 4.79 Å². The molecule has 0 aliphatic heterocycles. The summed E-state index contributed by atoms with van der Waals surface area (Å²) in [6, 6.07) is 2.47. The van der Waals surface area contributed by atoms with Gasteiger partial charge in [-0.15, -0.1) is 0 Å². The maximum atomic E-state index is 9.57. The summed E-state index contributed by atoms with van der Waals surface area (Å²) in [5, 5.41) is 2.24. The van der Waals surface area contributed by atoms with Gasteiger partial charge in [-0.3, -0.25) is 10.1 Å². The summed E-state index contributed by atoms with van der Waals surface area (Å²) in [6.45, 7) is 3.92. The lowest BCUT2D eigenvalue weighted by Gasteiger charge is -1.84. The molecule has 8 heavy (non-hydrogen) atoms. The molecule has 0 atom stereocenters. The summed E-state index contributed by atoms with van der Waals surface area (Å²) < 4.78 is 0. The number of carbonyl (C=O) groups excluding carboxylic acids is 1. The molecule has 0 heterocycles. The second-order valence-corrected chi connectivity index (χ2v) is 1.69. The van der Waals surface area contributed by atoms with Gasteiger partial charge in [-0.05, 0) is 0 Å². The van der Waals surface area contributed by atoms with E-state index in [9.17, 15) is 4.79 Å². The van der Waals surface area contributed by atoms with Gasteiger partial charge in [0.2, 0.25) is 6.41 Å². The van der Waals surface area contributed by atoms with Gasteiger partial charge in [0.25, 0.3) is 0 Å². The molecule has 44 valence electrons. The van der Waals surface area contributed by atoms with E-state index in [2.05, 4.69) is 17.3 Å². The first-order valence-corrected chi connectivity index (χ1v) is 2.47. The molecule has 0 aromatic rings. The second-order valence-electron chi connectivity index (χ2n) is 1.69. The molecule has 0 aromatic heterocycles. The number of rotatable bonds is 1. The van der Waals surface area contributed by atoms with E-state index >= 15 is 0 Å². The first-order valence-electron chi connectivity index (χ1n) is 2.47. The van der Waals surface area contributed by atoms with E-state index in [1.54, 1.807) is 0 Å². The normalized spacial score (nSPS) is 7.38. The number of nitrogens with one attached hydrogen (secondary N) is 1. The van der Waals surface area contributed by atoms with Crippen LogP contribution in [0.15, 0.2) is 0 Å². The summed E-state index contributed by atoms with van der Waals surface area (Å²) >= 11 is 0. The van der Waals surface area contributed by atoms with Crippen LogP contribution in [-0.4, -0.2) is 6.41 Å². The molecule has 0 saturated heterocycles. The van der Waals surface area contributed by atoms with Crippen molar-refractivity contribution in [1.29, 1.82) is 0 Å². The molecular weight excluding hydrogens is 102 g/mol. The number of hydrogen-bond donors (Lipinski definition) is 1. The third-order valence-electron chi connectivity index (χ3n) is 0.492. The summed E-state index contributed by atoms with van der Waals surface area (Å²) in [5.41, 5.74) is 0. The van der Waals surface area contributed by atoms with Gasteiger partial charge in [0.15, 0.2) is 0 Å². The Labute approximate surface area is 49.3 Å². The Bertz CT molecular complexity index is 118. The van der Waals surface area contributed by atoms with Crippen molar-refractivity contribution in [3.63, 3.8) is 0 Å². The minimum atomic E-state index is 0.322. The molecule has 0 bridgehead atoms. The quantitative estimate of drug-likeness (QED) is 0.295. The first-order chi connectivity index (χ1) is 3.77. The first kappa shape index (κ1) is 7.03. The molecule has 0 fully saturated rings. The van der Waals surface area contributed by atoms with Crippen molar-refractivity contribution in [2.24, 2.45) is 5.92 Å². The van der Waals surface area contributed by atoms with Crippen LogP contribution in [0.2, 0.25) is 0 Å². The van der Waals surface area contributed by atoms with E-state index in [-0.39, 0.29) is 0 Å². The molecule has 0 aromatic carbocycles. The lowest BCUT2D eigenvalue weighted by Crippen LogP contribution is -2.00. The van der Waals surface area contributed by atoms with E-state index in [0.717, 1.165) is 0 Å². The molecule has 2 nitrogen and oxygen atoms in total. The number of carbonyl (C=O) groups is 1. The lowest BCUT2D eigenvalue weighted by atomic mass is 10.2. The van der Waals surface area contributed by atoms with E-state index < -0.39 is 0 Å². The Morgan fingerprint density at radius 3 is 2.62 bits per heavy atom. The predicted octanol–water partition coefficient (Wildman–Crippen LogP) is 0.349. The molecule has 0 aliphatic carbocycles. The van der Waals surface area contributed by atoms with E-state index in [4.69, 9.17) is 0 Å². The van der Waals surface area contributed by atoms with Crippen molar-refractivity contribution in [3.05, 3.63) is 0 Å². The fraction of sp³-hybridized carbons (Fsp3) is 0.500. The minimum Gasteiger partial charge on any atom is -0.288 e. The minimum absolute atomic E-state index is 0.322. The zero-order chi connectivity index (χ0) is 6.41. The van der Waals surface area contributed by atoms with E-state index in [1.165, 1.54) is 0 Å². The average Bonchev–Trinajstić information content (AvgIpc) is 1.66. The SMILES string of the molecule is CC(C)C#CNC=O. The van der Waals surface area contributed by atoms with Gasteiger partial charge in [-0.1, -0.05) is 19.8 Å². The summed E-state index contributed by atoms with van der Waals surface area (Å²) in [6.07, 6.45) is 0.565. The van der Waals surface area contributed by atoms with Crippen LogP contribution in [0.3, 0.4) is 0 Å². The molecule has 0 saturated carbocycles. The van der Waals surface area contributed by atoms with Crippen molar-refractivity contribution in [2.45, 2.75) is 13.8 Å². The van der Waals surface area contributed by atoms with Crippen molar-refractivity contribution < 1.29 is 4.79 Å². The summed E-state index contributed by atoms with van der Waals surface area (Å²) in [5.74, 6) is 3.08. The van der Waals surface area contributed by atoms with Crippen LogP contribution >= 0.6 is 0 Å². The van der Waals surface area contributed by atoms with Crippen LogP contribution in [0, 0.1) is 17.9 Å². The Balaban J connectivity index is 3.34. The van der Waals surface area contributed by atoms with Gasteiger partial charge >= 0.3 is 0 Å². The molecule has 0 rings (SSSR count). The maximum absolute atomic E-state index is 9.57. The highest BCUT2D eigenvalue weighted by Gasteiger charge is 1.78. The van der Waals surface area contributed by atoms with E-state index in [0.29, 0.717) is 12.3 Å². The topological polar surface area (TPSA) is 29.1 Å². The summed E-state index contributed by atoms with van der Waals surface area (Å²) in [7, 11) is 0. The van der Waals surface area contributed by atoms with Gasteiger partial charge in [0.05, 0.1) is 0 Å². The van der Waals surface area contributed by atoms with Crippen molar-refractivity contribution >= 4 is 6.41 Å². The lowest BCUT2D eigenvalue weighted by molar-refractivity contribution is -0.108. The highest BCUT2D eigenvalue weighted by atomic mass is 16.1. The average molecular weight is 111 g/mol. The summed E-state index contributed by atoms with van der Waals surface area (Å²) in [4.78, 5) is 9.57. The third-order valence-corrected chi connectivity index (χ3v) is 0.492. The maximum Gasteiger partial charge on any atom is 0.218 e. The van der Waals surface area contributed by atoms with Crippen LogP contribution in [0.5, 0.6) is 0 Å². The Morgan fingerprint density at radius 1 is 1.62 bits per heavy atom. The molecule has 2 heteroatoms. The van der Waals surface area contributed by atoms with Gasteiger partial charge in [-0.25, -0.2) is 0 Å². The Morgan fingerprint density at radius 2 is 2.25 bits per heavy atom. The van der Waals surface area contributed by atoms with Crippen molar-refractivity contribution in [1.82, 2.24) is 5.32 Å². The fourth-order valence-corrected chi connectivity index (χ4v) is 0.215. The highest BCUT2D eigenvalue weighted by Crippen LogP contribution is 1.83. The molecule has 1 amide bonds.